The Kier molecular flexibility index (Phi) is 6.25. The lowest BCUT2D eigenvalue weighted by molar-refractivity contribution is -0.119. The summed E-state index contributed by atoms with van der Waals surface area (Å²) in [6.07, 6.45) is 9.34. The second kappa shape index (κ2) is 7.95. The number of hydrogen-bond donors (Lipinski definition) is 0. The Morgan fingerprint density at radius 2 is 1.95 bits per heavy atom. The van der Waals surface area contributed by atoms with Crippen molar-refractivity contribution in [2.24, 2.45) is 5.92 Å². The van der Waals surface area contributed by atoms with Gasteiger partial charge < -0.3 is 0 Å². The highest BCUT2D eigenvalue weighted by Gasteiger charge is 2.18. The van der Waals surface area contributed by atoms with Gasteiger partial charge in [-0.25, -0.2) is 0 Å². The average molecular weight is 368 g/mol. The Hall–Kier alpha value is -0.860. The van der Waals surface area contributed by atoms with Crippen LogP contribution >= 0.6 is 27.5 Å². The van der Waals surface area contributed by atoms with Gasteiger partial charge >= 0.3 is 0 Å². The van der Waals surface area contributed by atoms with Crippen molar-refractivity contribution >= 4 is 38.9 Å². The minimum absolute atomic E-state index is 0.214. The molecule has 0 aromatic heterocycles. The maximum Gasteiger partial charge on any atom is 0.158 e. The van der Waals surface area contributed by atoms with E-state index in [0.717, 1.165) is 28.5 Å². The number of carbonyl (C=O) groups excluding carboxylic acids is 1. The molecule has 0 N–H and O–H groups in total. The second-order valence-corrected chi connectivity index (χ2v) is 7.15. The second-order valence-electron chi connectivity index (χ2n) is 5.53. The standard InChI is InChI=1S/C18H20BrClO/c1-13(19)17(15-8-5-9-16(20)12-15)10-11-18(21)14-6-3-2-4-7-14/h5,8-12,14H,2-4,6-7H2,1H3. The Morgan fingerprint density at radius 1 is 1.24 bits per heavy atom. The van der Waals surface area contributed by atoms with Crippen LogP contribution in [0.3, 0.4) is 0 Å². The van der Waals surface area contributed by atoms with Gasteiger partial charge in [0.25, 0.3) is 0 Å². The number of carbonyl (C=O) groups is 1. The smallest absolute Gasteiger partial charge is 0.158 e. The number of allylic oxidation sites excluding steroid dienone is 4. The monoisotopic (exact) mass is 366 g/mol. The molecule has 0 saturated heterocycles. The van der Waals surface area contributed by atoms with Gasteiger partial charge in [-0.15, -0.1) is 0 Å². The zero-order chi connectivity index (χ0) is 15.2. The summed E-state index contributed by atoms with van der Waals surface area (Å²) >= 11 is 9.57. The van der Waals surface area contributed by atoms with Crippen LogP contribution in [0.4, 0.5) is 0 Å². The number of hydrogen-bond acceptors (Lipinski definition) is 1. The van der Waals surface area contributed by atoms with Crippen LogP contribution in [0.1, 0.15) is 44.6 Å². The highest BCUT2D eigenvalue weighted by molar-refractivity contribution is 9.11. The predicted octanol–water partition coefficient (Wildman–Crippen LogP) is 6.17. The van der Waals surface area contributed by atoms with Gasteiger partial charge in [0, 0.05) is 10.9 Å². The molecule has 0 radical (unpaired) electrons. The van der Waals surface area contributed by atoms with Crippen LogP contribution in [0.25, 0.3) is 5.57 Å². The van der Waals surface area contributed by atoms with Crippen molar-refractivity contribution in [1.29, 1.82) is 0 Å². The molecule has 0 unspecified atom stereocenters. The van der Waals surface area contributed by atoms with Gasteiger partial charge in [0.2, 0.25) is 0 Å². The molecule has 0 spiro atoms. The summed E-state index contributed by atoms with van der Waals surface area (Å²) in [5, 5.41) is 0.700. The lowest BCUT2D eigenvalue weighted by atomic mass is 9.86. The summed E-state index contributed by atoms with van der Waals surface area (Å²) in [6, 6.07) is 7.69. The fraction of sp³-hybridized carbons (Fsp3) is 0.389. The molecule has 1 fully saturated rings. The maximum atomic E-state index is 12.3. The van der Waals surface area contributed by atoms with Crippen molar-refractivity contribution in [3.63, 3.8) is 0 Å². The van der Waals surface area contributed by atoms with Crippen LogP contribution in [0.15, 0.2) is 40.9 Å². The Balaban J connectivity index is 2.15. The molecule has 2 rings (SSSR count). The largest absolute Gasteiger partial charge is 0.295 e. The minimum Gasteiger partial charge on any atom is -0.295 e. The quantitative estimate of drug-likeness (QED) is 0.459. The third-order valence-corrected chi connectivity index (χ3v) is 4.59. The lowest BCUT2D eigenvalue weighted by Crippen LogP contribution is -2.15. The fourth-order valence-corrected chi connectivity index (χ4v) is 3.31. The van der Waals surface area contributed by atoms with E-state index < -0.39 is 0 Å². The highest BCUT2D eigenvalue weighted by Crippen LogP contribution is 2.28. The third kappa shape index (κ3) is 4.82. The molecule has 21 heavy (non-hydrogen) atoms. The molecule has 3 heteroatoms. The molecule has 0 aliphatic heterocycles. The molecule has 0 amide bonds. The van der Waals surface area contributed by atoms with Gasteiger partial charge in [0.1, 0.15) is 0 Å². The van der Waals surface area contributed by atoms with Crippen molar-refractivity contribution in [1.82, 2.24) is 0 Å². The zero-order valence-corrected chi connectivity index (χ0v) is 14.6. The first-order valence-corrected chi connectivity index (χ1v) is 8.59. The van der Waals surface area contributed by atoms with Crippen LogP contribution in [-0.2, 0) is 4.79 Å². The summed E-state index contributed by atoms with van der Waals surface area (Å²) in [5.41, 5.74) is 2.02. The van der Waals surface area contributed by atoms with Crippen LogP contribution in [-0.4, -0.2) is 5.78 Å². The molecule has 1 saturated carbocycles. The van der Waals surface area contributed by atoms with Gasteiger partial charge in [0.05, 0.1) is 0 Å². The first kappa shape index (κ1) is 16.5. The van der Waals surface area contributed by atoms with Gasteiger partial charge in [-0.3, -0.25) is 4.79 Å². The minimum atomic E-state index is 0.214. The van der Waals surface area contributed by atoms with Crippen molar-refractivity contribution < 1.29 is 4.79 Å². The van der Waals surface area contributed by atoms with Crippen LogP contribution in [0, 0.1) is 5.92 Å². The lowest BCUT2D eigenvalue weighted by Gasteiger charge is -2.18. The Morgan fingerprint density at radius 3 is 2.57 bits per heavy atom. The van der Waals surface area contributed by atoms with Crippen molar-refractivity contribution in [3.8, 4) is 0 Å². The van der Waals surface area contributed by atoms with E-state index in [-0.39, 0.29) is 11.7 Å². The molecule has 1 aliphatic rings. The molecule has 0 heterocycles. The van der Waals surface area contributed by atoms with Crippen LogP contribution < -0.4 is 0 Å². The summed E-state index contributed by atoms with van der Waals surface area (Å²) in [6.45, 7) is 1.98. The van der Waals surface area contributed by atoms with E-state index in [1.165, 1.54) is 19.3 Å². The molecule has 0 atom stereocenters. The molecule has 0 bridgehead atoms. The van der Waals surface area contributed by atoms with Crippen molar-refractivity contribution in [2.75, 3.05) is 0 Å². The van der Waals surface area contributed by atoms with E-state index in [2.05, 4.69) is 15.9 Å². The van der Waals surface area contributed by atoms with Crippen LogP contribution in [0.2, 0.25) is 5.02 Å². The first-order valence-electron chi connectivity index (χ1n) is 7.42. The van der Waals surface area contributed by atoms with Crippen molar-refractivity contribution in [2.45, 2.75) is 39.0 Å². The van der Waals surface area contributed by atoms with E-state index >= 15 is 0 Å². The van der Waals surface area contributed by atoms with Gasteiger partial charge in [-0.1, -0.05) is 65.0 Å². The summed E-state index contributed by atoms with van der Waals surface area (Å²) < 4.78 is 0.998. The van der Waals surface area contributed by atoms with Gasteiger partial charge in [-0.05, 0) is 53.6 Å². The molecule has 112 valence electrons. The maximum absolute atomic E-state index is 12.3. The predicted molar refractivity (Wildman–Crippen MR) is 93.7 cm³/mol. The molecule has 1 aliphatic carbocycles. The molecule has 1 nitrogen and oxygen atoms in total. The number of halogens is 2. The number of benzene rings is 1. The fourth-order valence-electron chi connectivity index (χ4n) is 2.75. The zero-order valence-electron chi connectivity index (χ0n) is 12.2. The SMILES string of the molecule is CC(Br)=C(C=CC(=O)C1CCCCC1)c1cccc(Cl)c1. The summed E-state index contributed by atoms with van der Waals surface area (Å²) in [7, 11) is 0. The first-order chi connectivity index (χ1) is 10.1. The molecule has 1 aromatic carbocycles. The highest BCUT2D eigenvalue weighted by atomic mass is 79.9. The third-order valence-electron chi connectivity index (χ3n) is 3.93. The normalized spacial score (nSPS) is 17.9. The Bertz CT molecular complexity index is 564. The number of ketones is 1. The van der Waals surface area contributed by atoms with Gasteiger partial charge in [-0.2, -0.15) is 0 Å². The van der Waals surface area contributed by atoms with Crippen molar-refractivity contribution in [3.05, 3.63) is 51.5 Å². The summed E-state index contributed by atoms with van der Waals surface area (Å²) in [5.74, 6) is 0.467. The number of rotatable bonds is 4. The summed E-state index contributed by atoms with van der Waals surface area (Å²) in [4.78, 5) is 12.3. The van der Waals surface area contributed by atoms with Gasteiger partial charge in [0.15, 0.2) is 5.78 Å². The van der Waals surface area contributed by atoms with E-state index in [0.29, 0.717) is 5.02 Å². The van der Waals surface area contributed by atoms with E-state index in [1.54, 1.807) is 6.08 Å². The average Bonchev–Trinajstić information content (AvgIpc) is 2.48. The van der Waals surface area contributed by atoms with E-state index in [4.69, 9.17) is 11.6 Å². The molecular weight excluding hydrogens is 348 g/mol. The molecular formula is C18H20BrClO. The van der Waals surface area contributed by atoms with E-state index in [9.17, 15) is 4.79 Å². The molecule has 1 aromatic rings. The van der Waals surface area contributed by atoms with Crippen LogP contribution in [0.5, 0.6) is 0 Å². The topological polar surface area (TPSA) is 17.1 Å². The van der Waals surface area contributed by atoms with E-state index in [1.807, 2.05) is 37.3 Å². The Labute approximate surface area is 140 Å².